The van der Waals surface area contributed by atoms with Crippen molar-refractivity contribution in [1.82, 2.24) is 10.6 Å². The molecule has 156 valence electrons. The highest BCUT2D eigenvalue weighted by molar-refractivity contribution is 5.79. The third-order valence-corrected chi connectivity index (χ3v) is 4.63. The average molecular weight is 398 g/mol. The van der Waals surface area contributed by atoms with Crippen molar-refractivity contribution in [1.29, 1.82) is 0 Å². The molecule has 1 heterocycles. The summed E-state index contributed by atoms with van der Waals surface area (Å²) in [6.07, 6.45) is 0.909. The van der Waals surface area contributed by atoms with E-state index in [1.165, 1.54) is 5.56 Å². The molecule has 0 fully saturated rings. The van der Waals surface area contributed by atoms with Crippen LogP contribution < -0.4 is 20.1 Å². The predicted octanol–water partition coefficient (Wildman–Crippen LogP) is 3.37. The molecule has 0 saturated heterocycles. The quantitative estimate of drug-likeness (QED) is 0.528. The maximum absolute atomic E-state index is 5.81. The Labute approximate surface area is 173 Å². The molecule has 0 amide bonds. The standard InChI is InChI=1S/C23H31N3O3/c1-18(16-27-17-19-7-4-3-5-8-19)14-25-23(24-2)26-15-20-9-10-21-22(13-20)29-12-6-11-28-21/h3-5,7-10,13,18H,6,11-12,14-17H2,1-2H3,(H2,24,25,26). The van der Waals surface area contributed by atoms with Crippen molar-refractivity contribution in [2.45, 2.75) is 26.5 Å². The Morgan fingerprint density at radius 2 is 1.83 bits per heavy atom. The molecule has 6 heteroatoms. The summed E-state index contributed by atoms with van der Waals surface area (Å²) < 4.78 is 17.3. The number of benzene rings is 2. The summed E-state index contributed by atoms with van der Waals surface area (Å²) in [6, 6.07) is 16.3. The van der Waals surface area contributed by atoms with Gasteiger partial charge in [0.1, 0.15) is 0 Å². The first-order valence-corrected chi connectivity index (χ1v) is 10.2. The first-order chi connectivity index (χ1) is 14.2. The second kappa shape index (κ2) is 11.3. The van der Waals surface area contributed by atoms with E-state index >= 15 is 0 Å². The van der Waals surface area contributed by atoms with E-state index in [9.17, 15) is 0 Å². The van der Waals surface area contributed by atoms with Gasteiger partial charge in [0.25, 0.3) is 0 Å². The van der Waals surface area contributed by atoms with E-state index in [0.29, 0.717) is 38.9 Å². The molecule has 2 aromatic rings. The van der Waals surface area contributed by atoms with Gasteiger partial charge in [-0.2, -0.15) is 0 Å². The molecule has 1 aliphatic rings. The van der Waals surface area contributed by atoms with Crippen LogP contribution in [-0.2, 0) is 17.9 Å². The molecule has 0 aliphatic carbocycles. The van der Waals surface area contributed by atoms with E-state index in [1.54, 1.807) is 7.05 Å². The summed E-state index contributed by atoms with van der Waals surface area (Å²) in [7, 11) is 1.78. The Morgan fingerprint density at radius 1 is 1.03 bits per heavy atom. The van der Waals surface area contributed by atoms with Crippen molar-refractivity contribution in [3.8, 4) is 11.5 Å². The minimum atomic E-state index is 0.371. The van der Waals surface area contributed by atoms with Gasteiger partial charge in [-0.25, -0.2) is 0 Å². The fraction of sp³-hybridized carbons (Fsp3) is 0.435. The first kappa shape index (κ1) is 21.0. The maximum atomic E-state index is 5.81. The summed E-state index contributed by atoms with van der Waals surface area (Å²) in [6.45, 7) is 6.34. The minimum absolute atomic E-state index is 0.371. The van der Waals surface area contributed by atoms with Gasteiger partial charge in [-0.3, -0.25) is 4.99 Å². The van der Waals surface area contributed by atoms with Gasteiger partial charge in [0.05, 0.1) is 26.4 Å². The minimum Gasteiger partial charge on any atom is -0.490 e. The van der Waals surface area contributed by atoms with Crippen molar-refractivity contribution in [3.63, 3.8) is 0 Å². The molecular weight excluding hydrogens is 366 g/mol. The number of guanidine groups is 1. The number of nitrogens with zero attached hydrogens (tertiary/aromatic N) is 1. The third kappa shape index (κ3) is 6.98. The highest BCUT2D eigenvalue weighted by atomic mass is 16.5. The summed E-state index contributed by atoms with van der Waals surface area (Å²) in [5.41, 5.74) is 2.32. The van der Waals surface area contributed by atoms with Crippen LogP contribution in [0.25, 0.3) is 0 Å². The number of aliphatic imine (C=N–C) groups is 1. The molecular formula is C23H31N3O3. The Hall–Kier alpha value is -2.73. The molecule has 0 aromatic heterocycles. The van der Waals surface area contributed by atoms with Gasteiger partial charge in [0.2, 0.25) is 0 Å². The molecule has 6 nitrogen and oxygen atoms in total. The Bertz CT molecular complexity index is 780. The summed E-state index contributed by atoms with van der Waals surface area (Å²) in [5, 5.41) is 6.71. The van der Waals surface area contributed by atoms with Crippen LogP contribution >= 0.6 is 0 Å². The molecule has 3 rings (SSSR count). The fourth-order valence-electron chi connectivity index (χ4n) is 3.01. The summed E-state index contributed by atoms with van der Waals surface area (Å²) >= 11 is 0. The Kier molecular flexibility index (Phi) is 8.19. The SMILES string of the molecule is CN=C(NCc1ccc2c(c1)OCCCO2)NCC(C)COCc1ccccc1. The number of hydrogen-bond donors (Lipinski definition) is 2. The molecule has 1 unspecified atom stereocenters. The average Bonchev–Trinajstić information content (AvgIpc) is 2.99. The van der Waals surface area contributed by atoms with Crippen LogP contribution in [0.5, 0.6) is 11.5 Å². The lowest BCUT2D eigenvalue weighted by molar-refractivity contribution is 0.0931. The van der Waals surface area contributed by atoms with Crippen LogP contribution in [0.3, 0.4) is 0 Å². The third-order valence-electron chi connectivity index (χ3n) is 4.63. The van der Waals surface area contributed by atoms with Gasteiger partial charge >= 0.3 is 0 Å². The lowest BCUT2D eigenvalue weighted by Gasteiger charge is -2.17. The van der Waals surface area contributed by atoms with Crippen LogP contribution in [0.2, 0.25) is 0 Å². The van der Waals surface area contributed by atoms with Crippen LogP contribution in [-0.4, -0.2) is 39.4 Å². The van der Waals surface area contributed by atoms with Crippen molar-refractivity contribution in [2.24, 2.45) is 10.9 Å². The van der Waals surface area contributed by atoms with E-state index in [1.807, 2.05) is 36.4 Å². The summed E-state index contributed by atoms with van der Waals surface area (Å²) in [4.78, 5) is 4.30. The van der Waals surface area contributed by atoms with E-state index in [-0.39, 0.29) is 0 Å². The van der Waals surface area contributed by atoms with E-state index < -0.39 is 0 Å². The monoisotopic (exact) mass is 397 g/mol. The van der Waals surface area contributed by atoms with E-state index in [4.69, 9.17) is 14.2 Å². The van der Waals surface area contributed by atoms with Crippen molar-refractivity contribution in [3.05, 3.63) is 59.7 Å². The zero-order valence-electron chi connectivity index (χ0n) is 17.3. The Balaban J connectivity index is 1.38. The maximum Gasteiger partial charge on any atom is 0.191 e. The lowest BCUT2D eigenvalue weighted by atomic mass is 10.2. The van der Waals surface area contributed by atoms with Gasteiger partial charge in [-0.1, -0.05) is 43.3 Å². The number of nitrogens with one attached hydrogen (secondary N) is 2. The zero-order valence-corrected chi connectivity index (χ0v) is 17.3. The van der Waals surface area contributed by atoms with Crippen molar-refractivity contribution in [2.75, 3.05) is 33.4 Å². The fourth-order valence-corrected chi connectivity index (χ4v) is 3.01. The Morgan fingerprint density at radius 3 is 2.62 bits per heavy atom. The predicted molar refractivity (Wildman–Crippen MR) is 116 cm³/mol. The molecule has 0 saturated carbocycles. The molecule has 0 spiro atoms. The molecule has 1 atom stereocenters. The number of rotatable bonds is 8. The lowest BCUT2D eigenvalue weighted by Crippen LogP contribution is -2.39. The van der Waals surface area contributed by atoms with Crippen LogP contribution in [0.1, 0.15) is 24.5 Å². The topological polar surface area (TPSA) is 64.1 Å². The highest BCUT2D eigenvalue weighted by Crippen LogP contribution is 2.30. The van der Waals surface area contributed by atoms with Crippen molar-refractivity contribution < 1.29 is 14.2 Å². The number of fused-ring (bicyclic) bond motifs is 1. The largest absolute Gasteiger partial charge is 0.490 e. The smallest absolute Gasteiger partial charge is 0.191 e. The second-order valence-corrected chi connectivity index (χ2v) is 7.24. The van der Waals surface area contributed by atoms with Crippen LogP contribution in [0, 0.1) is 5.92 Å². The molecule has 0 bridgehead atoms. The number of ether oxygens (including phenoxy) is 3. The number of hydrogen-bond acceptors (Lipinski definition) is 4. The van der Waals surface area contributed by atoms with Gasteiger partial charge in [0, 0.05) is 26.6 Å². The van der Waals surface area contributed by atoms with Crippen molar-refractivity contribution >= 4 is 5.96 Å². The van der Waals surface area contributed by atoms with E-state index in [0.717, 1.165) is 36.0 Å². The molecule has 29 heavy (non-hydrogen) atoms. The van der Waals surface area contributed by atoms with Gasteiger partial charge < -0.3 is 24.8 Å². The van der Waals surface area contributed by atoms with Gasteiger partial charge in [0.15, 0.2) is 17.5 Å². The molecule has 2 aromatic carbocycles. The van der Waals surface area contributed by atoms with E-state index in [2.05, 4.69) is 34.7 Å². The van der Waals surface area contributed by atoms with Gasteiger partial charge in [-0.15, -0.1) is 0 Å². The summed E-state index contributed by atoms with van der Waals surface area (Å²) in [5.74, 6) is 2.77. The zero-order chi connectivity index (χ0) is 20.3. The first-order valence-electron chi connectivity index (χ1n) is 10.2. The highest BCUT2D eigenvalue weighted by Gasteiger charge is 2.11. The van der Waals surface area contributed by atoms with Gasteiger partial charge in [-0.05, 0) is 29.2 Å². The molecule has 0 radical (unpaired) electrons. The molecule has 2 N–H and O–H groups in total. The normalized spacial score (nSPS) is 14.8. The molecule has 1 aliphatic heterocycles. The van der Waals surface area contributed by atoms with Crippen LogP contribution in [0.4, 0.5) is 0 Å². The van der Waals surface area contributed by atoms with Crippen LogP contribution in [0.15, 0.2) is 53.5 Å². The second-order valence-electron chi connectivity index (χ2n) is 7.24.